The minimum Gasteiger partial charge on any atom is -0.423 e. The summed E-state index contributed by atoms with van der Waals surface area (Å²) in [5.74, 6) is 0.0372. The fourth-order valence-corrected chi connectivity index (χ4v) is 5.86. The highest BCUT2D eigenvalue weighted by Crippen LogP contribution is 2.30. The van der Waals surface area contributed by atoms with E-state index >= 15 is 0 Å². The van der Waals surface area contributed by atoms with Crippen LogP contribution >= 0.6 is 0 Å². The third-order valence-electron chi connectivity index (χ3n) is 9.71. The Bertz CT molecular complexity index is 2000. The van der Waals surface area contributed by atoms with Gasteiger partial charge in [0.1, 0.15) is 11.5 Å². The molecular weight excluding hydrogens is 665 g/mol. The highest BCUT2D eigenvalue weighted by atomic mass is 16.5. The van der Waals surface area contributed by atoms with Crippen LogP contribution in [0.1, 0.15) is 102 Å². The number of carbonyl (C=O) groups excluding carboxylic acids is 2. The summed E-state index contributed by atoms with van der Waals surface area (Å²) in [6, 6.07) is 40.1. The summed E-state index contributed by atoms with van der Waals surface area (Å²) < 4.78 is 11.1. The number of hydrogen-bond acceptors (Lipinski definition) is 4. The van der Waals surface area contributed by atoms with E-state index in [1.807, 2.05) is 52.0 Å². The van der Waals surface area contributed by atoms with Crippen molar-refractivity contribution in [3.8, 4) is 11.5 Å². The lowest BCUT2D eigenvalue weighted by atomic mass is 9.91. The number of benzene rings is 6. The van der Waals surface area contributed by atoms with Gasteiger partial charge in [0.15, 0.2) is 0 Å². The number of carbonyl (C=O) groups is 2. The van der Waals surface area contributed by atoms with E-state index < -0.39 is 11.9 Å². The molecule has 0 amide bonds. The number of ether oxygens (including phenoxy) is 2. The van der Waals surface area contributed by atoms with Crippen molar-refractivity contribution in [1.82, 2.24) is 0 Å². The van der Waals surface area contributed by atoms with Crippen LogP contribution in [0, 0.1) is 55.4 Å². The lowest BCUT2D eigenvalue weighted by Crippen LogP contribution is -2.12. The van der Waals surface area contributed by atoms with Crippen molar-refractivity contribution in [3.63, 3.8) is 0 Å². The molecule has 0 saturated carbocycles. The van der Waals surface area contributed by atoms with Crippen LogP contribution in [0.5, 0.6) is 11.5 Å². The van der Waals surface area contributed by atoms with Gasteiger partial charge in [0.2, 0.25) is 0 Å². The van der Waals surface area contributed by atoms with E-state index in [0.717, 1.165) is 35.1 Å². The molecule has 0 bridgehead atoms. The number of rotatable bonds is 8. The van der Waals surface area contributed by atoms with Gasteiger partial charge in [-0.2, -0.15) is 0 Å². The smallest absolute Gasteiger partial charge is 0.343 e. The Morgan fingerprint density at radius 3 is 0.944 bits per heavy atom. The van der Waals surface area contributed by atoms with Crippen molar-refractivity contribution in [2.45, 2.75) is 83.1 Å². The summed E-state index contributed by atoms with van der Waals surface area (Å²) in [5.41, 5.74) is 15.7. The predicted molar refractivity (Wildman–Crippen MR) is 226 cm³/mol. The molecule has 54 heavy (non-hydrogen) atoms. The van der Waals surface area contributed by atoms with Crippen molar-refractivity contribution in [3.05, 3.63) is 199 Å². The van der Waals surface area contributed by atoms with Gasteiger partial charge in [-0.05, 0) is 149 Å². The maximum Gasteiger partial charge on any atom is 0.343 e. The molecule has 0 unspecified atom stereocenters. The minimum absolute atomic E-state index is 0. The number of hydrogen-bond donors (Lipinski definition) is 0. The van der Waals surface area contributed by atoms with Gasteiger partial charge < -0.3 is 9.47 Å². The molecule has 280 valence electrons. The normalized spacial score (nSPS) is 10.2. The van der Waals surface area contributed by atoms with E-state index in [0.29, 0.717) is 22.6 Å². The molecule has 0 aliphatic heterocycles. The fourth-order valence-electron chi connectivity index (χ4n) is 5.86. The maximum absolute atomic E-state index is 12.4. The van der Waals surface area contributed by atoms with E-state index in [9.17, 15) is 9.59 Å². The largest absolute Gasteiger partial charge is 0.423 e. The summed E-state index contributed by atoms with van der Waals surface area (Å²) in [6.07, 6.45) is 2.02. The first-order valence-electron chi connectivity index (χ1n) is 17.7. The molecule has 0 aliphatic carbocycles. The third-order valence-corrected chi connectivity index (χ3v) is 9.71. The average Bonchev–Trinajstić information content (AvgIpc) is 3.14. The zero-order chi connectivity index (χ0) is 37.4. The highest BCUT2D eigenvalue weighted by molar-refractivity contribution is 5.92. The van der Waals surface area contributed by atoms with E-state index in [2.05, 4.69) is 88.4 Å². The van der Waals surface area contributed by atoms with Gasteiger partial charge >= 0.3 is 11.9 Å². The zero-order valence-corrected chi connectivity index (χ0v) is 31.6. The third kappa shape index (κ3) is 11.1. The Kier molecular flexibility index (Phi) is 15.3. The minimum atomic E-state index is -0.424. The zero-order valence-electron chi connectivity index (χ0n) is 31.6. The van der Waals surface area contributed by atoms with E-state index in [1.54, 1.807) is 36.4 Å². The molecule has 6 aromatic carbocycles. The molecule has 0 atom stereocenters. The van der Waals surface area contributed by atoms with E-state index in [4.69, 9.17) is 9.47 Å². The fraction of sp³-hybridized carbons (Fsp3) is 0.240. The SMILES string of the molecule is C.C.Cc1ccc(C(=O)Oc2ccc(OC(=O)c3ccc(C)cc3)c(C)c2C)cc1.Cc1ccc(Cc2ccc(Cc3ccc(C)cc3)c(C)c2C)cc1. The van der Waals surface area contributed by atoms with Gasteiger partial charge in [-0.1, -0.05) is 122 Å². The lowest BCUT2D eigenvalue weighted by molar-refractivity contribution is 0.0717. The van der Waals surface area contributed by atoms with Gasteiger partial charge in [-0.3, -0.25) is 0 Å². The topological polar surface area (TPSA) is 52.6 Å². The molecule has 6 rings (SSSR count). The molecule has 0 spiro atoms. The Labute approximate surface area is 323 Å². The molecule has 6 aromatic rings. The maximum atomic E-state index is 12.4. The molecule has 0 aromatic heterocycles. The van der Waals surface area contributed by atoms with Crippen LogP contribution in [0.4, 0.5) is 0 Å². The van der Waals surface area contributed by atoms with Crippen molar-refractivity contribution >= 4 is 11.9 Å². The quantitative estimate of drug-likeness (QED) is 0.116. The van der Waals surface area contributed by atoms with Gasteiger partial charge in [-0.15, -0.1) is 0 Å². The second-order valence-corrected chi connectivity index (χ2v) is 13.8. The van der Waals surface area contributed by atoms with Crippen molar-refractivity contribution in [2.24, 2.45) is 0 Å². The molecule has 0 heterocycles. The van der Waals surface area contributed by atoms with Crippen LogP contribution < -0.4 is 9.47 Å². The van der Waals surface area contributed by atoms with Crippen molar-refractivity contribution in [2.75, 3.05) is 0 Å². The highest BCUT2D eigenvalue weighted by Gasteiger charge is 2.16. The Morgan fingerprint density at radius 1 is 0.370 bits per heavy atom. The monoisotopic (exact) mass is 720 g/mol. The summed E-state index contributed by atoms with van der Waals surface area (Å²) in [4.78, 5) is 24.7. The molecule has 0 aliphatic rings. The number of aryl methyl sites for hydroxylation is 4. The van der Waals surface area contributed by atoms with Crippen LogP contribution in [0.3, 0.4) is 0 Å². The molecule has 4 nitrogen and oxygen atoms in total. The van der Waals surface area contributed by atoms with Gasteiger partial charge in [-0.25, -0.2) is 9.59 Å². The van der Waals surface area contributed by atoms with Gasteiger partial charge in [0.25, 0.3) is 0 Å². The first-order chi connectivity index (χ1) is 24.9. The lowest BCUT2D eigenvalue weighted by Gasteiger charge is -2.14. The molecule has 0 saturated heterocycles. The molecule has 0 fully saturated rings. The summed E-state index contributed by atoms with van der Waals surface area (Å²) in [5, 5.41) is 0. The Hall–Kier alpha value is -5.74. The Balaban J connectivity index is 0.000000283. The van der Waals surface area contributed by atoms with Crippen molar-refractivity contribution in [1.29, 1.82) is 0 Å². The van der Waals surface area contributed by atoms with Crippen LogP contribution in [0.2, 0.25) is 0 Å². The first-order valence-corrected chi connectivity index (χ1v) is 17.7. The summed E-state index contributed by atoms with van der Waals surface area (Å²) in [7, 11) is 0. The second-order valence-electron chi connectivity index (χ2n) is 13.8. The molecule has 0 radical (unpaired) electrons. The summed E-state index contributed by atoms with van der Waals surface area (Å²) >= 11 is 0. The Morgan fingerprint density at radius 2 is 0.648 bits per heavy atom. The van der Waals surface area contributed by atoms with Crippen LogP contribution in [-0.2, 0) is 12.8 Å². The van der Waals surface area contributed by atoms with E-state index in [1.165, 1.54) is 44.5 Å². The summed E-state index contributed by atoms with van der Waals surface area (Å²) in [6.45, 7) is 16.4. The van der Waals surface area contributed by atoms with Crippen LogP contribution in [0.25, 0.3) is 0 Å². The number of esters is 2. The molecule has 0 N–H and O–H groups in total. The van der Waals surface area contributed by atoms with Gasteiger partial charge in [0, 0.05) is 0 Å². The average molecular weight is 721 g/mol. The van der Waals surface area contributed by atoms with Crippen LogP contribution in [-0.4, -0.2) is 11.9 Å². The van der Waals surface area contributed by atoms with E-state index in [-0.39, 0.29) is 14.9 Å². The van der Waals surface area contributed by atoms with Crippen LogP contribution in [0.15, 0.2) is 121 Å². The second kappa shape index (κ2) is 19.4. The van der Waals surface area contributed by atoms with Crippen molar-refractivity contribution < 1.29 is 19.1 Å². The molecule has 4 heteroatoms. The predicted octanol–water partition coefficient (Wildman–Crippen LogP) is 12.7. The molecular formula is C50H56O4. The van der Waals surface area contributed by atoms with Gasteiger partial charge in [0.05, 0.1) is 11.1 Å². The standard InChI is InChI=1S/C24H22O4.C24H26.2CH4/c1-15-5-9-19(10-6-15)23(25)27-21-13-14-22(18(4)17(21)3)28-24(26)20-11-7-16(2)8-12-20;1-17-5-9-21(10-6-17)15-23-13-14-24(20(4)19(23)3)16-22-11-7-18(2)8-12-22;;/h5-14H,1-4H3;5-14H,15-16H2,1-4H3;2*1H4. The first kappa shape index (κ1) is 42.7.